The van der Waals surface area contributed by atoms with Gasteiger partial charge in [-0.3, -0.25) is 0 Å². The summed E-state index contributed by atoms with van der Waals surface area (Å²) >= 11 is 0. The van der Waals surface area contributed by atoms with Gasteiger partial charge in [0.1, 0.15) is 12.4 Å². The molecule has 0 saturated carbocycles. The van der Waals surface area contributed by atoms with Crippen molar-refractivity contribution in [3.8, 4) is 5.75 Å². The molecule has 0 aromatic heterocycles. The van der Waals surface area contributed by atoms with Crippen molar-refractivity contribution in [2.75, 3.05) is 27.2 Å². The summed E-state index contributed by atoms with van der Waals surface area (Å²) < 4.78 is 5.96. The number of likely N-dealkylation sites (N-methyl/N-ethyl adjacent to an activating group) is 1. The first-order valence-corrected chi connectivity index (χ1v) is 6.90. The van der Waals surface area contributed by atoms with Gasteiger partial charge in [-0.2, -0.15) is 0 Å². The van der Waals surface area contributed by atoms with Gasteiger partial charge in [-0.05, 0) is 47.4 Å². The van der Waals surface area contributed by atoms with E-state index in [0.29, 0.717) is 0 Å². The largest absolute Gasteiger partial charge is 0.492 e. The number of benzene rings is 1. The van der Waals surface area contributed by atoms with E-state index >= 15 is 0 Å². The highest BCUT2D eigenvalue weighted by molar-refractivity contribution is 5.40. The SMILES string of the molecule is Cc1cccc(CNC(C)(C)C)c1OCCN(C)C. The molecule has 3 nitrogen and oxygen atoms in total. The fourth-order valence-corrected chi connectivity index (χ4v) is 1.75. The zero-order valence-corrected chi connectivity index (χ0v) is 13.2. The van der Waals surface area contributed by atoms with Crippen LogP contribution in [0.1, 0.15) is 31.9 Å². The lowest BCUT2D eigenvalue weighted by Gasteiger charge is -2.22. The Morgan fingerprint density at radius 2 is 1.89 bits per heavy atom. The second-order valence-corrected chi connectivity index (χ2v) is 6.32. The van der Waals surface area contributed by atoms with Gasteiger partial charge in [-0.25, -0.2) is 0 Å². The van der Waals surface area contributed by atoms with E-state index in [2.05, 4.69) is 70.2 Å². The van der Waals surface area contributed by atoms with Crippen LogP contribution in [0.25, 0.3) is 0 Å². The van der Waals surface area contributed by atoms with E-state index in [-0.39, 0.29) is 5.54 Å². The van der Waals surface area contributed by atoms with Gasteiger partial charge < -0.3 is 15.0 Å². The van der Waals surface area contributed by atoms with E-state index in [1.165, 1.54) is 11.1 Å². The van der Waals surface area contributed by atoms with E-state index in [4.69, 9.17) is 4.74 Å². The monoisotopic (exact) mass is 264 g/mol. The van der Waals surface area contributed by atoms with Crippen molar-refractivity contribution < 1.29 is 4.74 Å². The van der Waals surface area contributed by atoms with E-state index in [9.17, 15) is 0 Å². The molecule has 0 atom stereocenters. The number of nitrogens with one attached hydrogen (secondary N) is 1. The molecule has 0 unspecified atom stereocenters. The van der Waals surface area contributed by atoms with Gasteiger partial charge in [-0.15, -0.1) is 0 Å². The van der Waals surface area contributed by atoms with Gasteiger partial charge in [0, 0.05) is 24.2 Å². The number of hydrogen-bond acceptors (Lipinski definition) is 3. The lowest BCUT2D eigenvalue weighted by molar-refractivity contribution is 0.257. The number of rotatable bonds is 6. The second kappa shape index (κ2) is 6.92. The molecule has 0 aliphatic heterocycles. The van der Waals surface area contributed by atoms with E-state index < -0.39 is 0 Å². The Hall–Kier alpha value is -1.06. The van der Waals surface area contributed by atoms with Crippen LogP contribution in [-0.2, 0) is 6.54 Å². The molecular weight excluding hydrogens is 236 g/mol. The summed E-state index contributed by atoms with van der Waals surface area (Å²) in [5.74, 6) is 1.03. The molecule has 1 N–H and O–H groups in total. The molecule has 0 saturated heterocycles. The molecule has 1 rings (SSSR count). The summed E-state index contributed by atoms with van der Waals surface area (Å²) in [4.78, 5) is 2.13. The standard InChI is InChI=1S/C16H28N2O/c1-13-8-7-9-14(12-17-16(2,3)4)15(13)19-11-10-18(5)6/h7-9,17H,10-12H2,1-6H3. The highest BCUT2D eigenvalue weighted by Gasteiger charge is 2.12. The molecule has 0 heterocycles. The van der Waals surface area contributed by atoms with Crippen LogP contribution in [0.4, 0.5) is 0 Å². The molecule has 0 spiro atoms. The topological polar surface area (TPSA) is 24.5 Å². The molecule has 1 aromatic rings. The summed E-state index contributed by atoms with van der Waals surface area (Å²) in [6, 6.07) is 6.33. The molecule has 0 fully saturated rings. The highest BCUT2D eigenvalue weighted by atomic mass is 16.5. The molecule has 1 aromatic carbocycles. The highest BCUT2D eigenvalue weighted by Crippen LogP contribution is 2.23. The second-order valence-electron chi connectivity index (χ2n) is 6.32. The minimum atomic E-state index is 0.116. The van der Waals surface area contributed by atoms with Crippen LogP contribution in [0.5, 0.6) is 5.75 Å². The predicted octanol–water partition coefficient (Wildman–Crippen LogP) is 2.82. The number of para-hydroxylation sites is 1. The minimum absolute atomic E-state index is 0.116. The molecule has 0 amide bonds. The molecule has 108 valence electrons. The van der Waals surface area contributed by atoms with Crippen LogP contribution in [0.15, 0.2) is 18.2 Å². The average molecular weight is 264 g/mol. The average Bonchev–Trinajstić information content (AvgIpc) is 2.27. The lowest BCUT2D eigenvalue weighted by atomic mass is 10.1. The molecule has 19 heavy (non-hydrogen) atoms. The van der Waals surface area contributed by atoms with Crippen molar-refractivity contribution in [2.45, 2.75) is 39.8 Å². The van der Waals surface area contributed by atoms with Gasteiger partial charge in [0.25, 0.3) is 0 Å². The predicted molar refractivity (Wildman–Crippen MR) is 81.8 cm³/mol. The first-order valence-electron chi connectivity index (χ1n) is 6.90. The third kappa shape index (κ3) is 6.08. The first kappa shape index (κ1) is 16.0. The Kier molecular flexibility index (Phi) is 5.83. The summed E-state index contributed by atoms with van der Waals surface area (Å²) in [6.07, 6.45) is 0. The Labute approximate surface area is 118 Å². The molecule has 0 aliphatic carbocycles. The minimum Gasteiger partial charge on any atom is -0.492 e. The van der Waals surface area contributed by atoms with Crippen LogP contribution in [0, 0.1) is 6.92 Å². The molecule has 0 bridgehead atoms. The van der Waals surface area contributed by atoms with Crippen molar-refractivity contribution in [1.29, 1.82) is 0 Å². The van der Waals surface area contributed by atoms with Crippen molar-refractivity contribution in [3.05, 3.63) is 29.3 Å². The fraction of sp³-hybridized carbons (Fsp3) is 0.625. The number of nitrogens with zero attached hydrogens (tertiary/aromatic N) is 1. The van der Waals surface area contributed by atoms with Crippen molar-refractivity contribution in [2.24, 2.45) is 0 Å². The van der Waals surface area contributed by atoms with Crippen molar-refractivity contribution >= 4 is 0 Å². The zero-order chi connectivity index (χ0) is 14.5. The summed E-state index contributed by atoms with van der Waals surface area (Å²) in [7, 11) is 4.12. The van der Waals surface area contributed by atoms with Gasteiger partial charge in [0.15, 0.2) is 0 Å². The fourth-order valence-electron chi connectivity index (χ4n) is 1.75. The molecule has 3 heteroatoms. The normalized spacial score (nSPS) is 11.9. The van der Waals surface area contributed by atoms with Gasteiger partial charge in [0.05, 0.1) is 0 Å². The lowest BCUT2D eigenvalue weighted by Crippen LogP contribution is -2.35. The van der Waals surface area contributed by atoms with Crippen molar-refractivity contribution in [1.82, 2.24) is 10.2 Å². The van der Waals surface area contributed by atoms with Gasteiger partial charge >= 0.3 is 0 Å². The maximum absolute atomic E-state index is 5.96. The number of ether oxygens (including phenoxy) is 1. The van der Waals surface area contributed by atoms with Crippen LogP contribution in [0.3, 0.4) is 0 Å². The summed E-state index contributed by atoms with van der Waals surface area (Å²) in [5, 5.41) is 3.51. The summed E-state index contributed by atoms with van der Waals surface area (Å²) in [5.41, 5.74) is 2.55. The number of hydrogen-bond donors (Lipinski definition) is 1. The Morgan fingerprint density at radius 1 is 1.21 bits per heavy atom. The Morgan fingerprint density at radius 3 is 2.47 bits per heavy atom. The Balaban J connectivity index is 2.71. The third-order valence-corrected chi connectivity index (χ3v) is 2.89. The maximum Gasteiger partial charge on any atom is 0.126 e. The maximum atomic E-state index is 5.96. The summed E-state index contributed by atoms with van der Waals surface area (Å²) in [6.45, 7) is 11.1. The zero-order valence-electron chi connectivity index (χ0n) is 13.2. The van der Waals surface area contributed by atoms with Crippen molar-refractivity contribution in [3.63, 3.8) is 0 Å². The smallest absolute Gasteiger partial charge is 0.126 e. The number of aryl methyl sites for hydroxylation is 1. The van der Waals surface area contributed by atoms with E-state index in [1.54, 1.807) is 0 Å². The third-order valence-electron chi connectivity index (χ3n) is 2.89. The quantitative estimate of drug-likeness (QED) is 0.855. The van der Waals surface area contributed by atoms with Gasteiger partial charge in [0.2, 0.25) is 0 Å². The van der Waals surface area contributed by atoms with Crippen LogP contribution >= 0.6 is 0 Å². The first-order chi connectivity index (χ1) is 8.79. The molecule has 0 aliphatic rings. The van der Waals surface area contributed by atoms with Crippen LogP contribution in [0.2, 0.25) is 0 Å². The van der Waals surface area contributed by atoms with Crippen LogP contribution in [-0.4, -0.2) is 37.7 Å². The Bertz CT molecular complexity index is 394. The molecule has 0 radical (unpaired) electrons. The van der Waals surface area contributed by atoms with Crippen LogP contribution < -0.4 is 10.1 Å². The van der Waals surface area contributed by atoms with Gasteiger partial charge in [-0.1, -0.05) is 18.2 Å². The van der Waals surface area contributed by atoms with E-state index in [1.807, 2.05) is 0 Å². The molecular formula is C16H28N2O. The van der Waals surface area contributed by atoms with E-state index in [0.717, 1.165) is 25.4 Å².